The third-order valence-corrected chi connectivity index (χ3v) is 2.40. The van der Waals surface area contributed by atoms with E-state index in [0.29, 0.717) is 16.9 Å². The largest absolute Gasteiger partial charge is 0.338 e. The first-order valence-corrected chi connectivity index (χ1v) is 4.89. The summed E-state index contributed by atoms with van der Waals surface area (Å²) in [6.07, 6.45) is 3.38. The molecule has 3 nitrogen and oxygen atoms in total. The van der Waals surface area contributed by atoms with Gasteiger partial charge in [0, 0.05) is 18.0 Å². The molecule has 16 heavy (non-hydrogen) atoms. The summed E-state index contributed by atoms with van der Waals surface area (Å²) in [5, 5.41) is 0. The average molecular weight is 213 g/mol. The minimum absolute atomic E-state index is 0.316. The molecule has 0 aliphatic heterocycles. The molecule has 4 heteroatoms. The normalized spacial score (nSPS) is 10.8. The van der Waals surface area contributed by atoms with Crippen LogP contribution in [0.1, 0.15) is 0 Å². The van der Waals surface area contributed by atoms with Crippen LogP contribution in [0, 0.1) is 5.82 Å². The third-order valence-electron chi connectivity index (χ3n) is 2.40. The van der Waals surface area contributed by atoms with Crippen LogP contribution in [-0.4, -0.2) is 15.0 Å². The molecule has 1 aromatic carbocycles. The lowest BCUT2D eigenvalue weighted by Gasteiger charge is -1.92. The summed E-state index contributed by atoms with van der Waals surface area (Å²) in [5.74, 6) is 0.317. The number of benzene rings is 1. The van der Waals surface area contributed by atoms with Crippen LogP contribution in [-0.2, 0) is 0 Å². The molecular weight excluding hydrogens is 205 g/mol. The van der Waals surface area contributed by atoms with Crippen molar-refractivity contribution in [3.8, 4) is 11.4 Å². The lowest BCUT2D eigenvalue weighted by Crippen LogP contribution is -1.80. The lowest BCUT2D eigenvalue weighted by atomic mass is 10.3. The highest BCUT2D eigenvalue weighted by Gasteiger charge is 2.07. The molecule has 0 aliphatic carbocycles. The highest BCUT2D eigenvalue weighted by Crippen LogP contribution is 2.21. The van der Waals surface area contributed by atoms with Crippen LogP contribution < -0.4 is 0 Å². The quantitative estimate of drug-likeness (QED) is 0.675. The van der Waals surface area contributed by atoms with Gasteiger partial charge in [-0.1, -0.05) is 6.07 Å². The molecule has 0 bridgehead atoms. The number of imidazole rings is 1. The van der Waals surface area contributed by atoms with Crippen LogP contribution >= 0.6 is 0 Å². The number of hydrogen-bond acceptors (Lipinski definition) is 2. The Morgan fingerprint density at radius 3 is 2.81 bits per heavy atom. The van der Waals surface area contributed by atoms with Crippen molar-refractivity contribution in [3.05, 3.63) is 48.5 Å². The Bertz CT molecular complexity index is 631. The van der Waals surface area contributed by atoms with E-state index in [-0.39, 0.29) is 5.82 Å². The van der Waals surface area contributed by atoms with Crippen molar-refractivity contribution in [1.29, 1.82) is 0 Å². The predicted molar refractivity (Wildman–Crippen MR) is 59.3 cm³/mol. The van der Waals surface area contributed by atoms with E-state index in [4.69, 9.17) is 0 Å². The van der Waals surface area contributed by atoms with Gasteiger partial charge in [0.25, 0.3) is 0 Å². The Morgan fingerprint density at radius 2 is 2.06 bits per heavy atom. The van der Waals surface area contributed by atoms with Crippen molar-refractivity contribution in [2.45, 2.75) is 0 Å². The number of halogens is 1. The van der Waals surface area contributed by atoms with Crippen molar-refractivity contribution >= 4 is 11.0 Å². The van der Waals surface area contributed by atoms with E-state index in [1.807, 2.05) is 12.1 Å². The number of fused-ring (bicyclic) bond motifs is 1. The second-order valence-electron chi connectivity index (χ2n) is 3.46. The van der Waals surface area contributed by atoms with Crippen molar-refractivity contribution in [3.63, 3.8) is 0 Å². The van der Waals surface area contributed by atoms with E-state index in [2.05, 4.69) is 15.0 Å². The number of rotatable bonds is 1. The molecule has 78 valence electrons. The number of pyridine rings is 1. The summed E-state index contributed by atoms with van der Waals surface area (Å²) in [6, 6.07) is 8.55. The summed E-state index contributed by atoms with van der Waals surface area (Å²) in [7, 11) is 0. The number of aromatic amines is 1. The number of para-hydroxylation sites is 1. The molecule has 0 radical (unpaired) electrons. The Hall–Kier alpha value is -2.23. The maximum absolute atomic E-state index is 13.4. The van der Waals surface area contributed by atoms with Crippen LogP contribution in [0.5, 0.6) is 0 Å². The lowest BCUT2D eigenvalue weighted by molar-refractivity contribution is 0.637. The summed E-state index contributed by atoms with van der Waals surface area (Å²) in [5.41, 5.74) is 1.90. The Kier molecular flexibility index (Phi) is 1.93. The molecule has 3 rings (SSSR count). The first-order valence-electron chi connectivity index (χ1n) is 4.89. The van der Waals surface area contributed by atoms with E-state index in [9.17, 15) is 4.39 Å². The molecule has 0 amide bonds. The van der Waals surface area contributed by atoms with Gasteiger partial charge in [-0.25, -0.2) is 9.37 Å². The molecule has 1 N–H and O–H groups in total. The van der Waals surface area contributed by atoms with Gasteiger partial charge >= 0.3 is 0 Å². The van der Waals surface area contributed by atoms with Crippen LogP contribution in [0.25, 0.3) is 22.4 Å². The zero-order valence-corrected chi connectivity index (χ0v) is 8.31. The van der Waals surface area contributed by atoms with Gasteiger partial charge < -0.3 is 4.98 Å². The number of nitrogens with one attached hydrogen (secondary N) is 1. The van der Waals surface area contributed by atoms with Crippen molar-refractivity contribution in [2.24, 2.45) is 0 Å². The van der Waals surface area contributed by atoms with Gasteiger partial charge in [-0.3, -0.25) is 4.98 Å². The second-order valence-corrected chi connectivity index (χ2v) is 3.46. The maximum atomic E-state index is 13.4. The molecule has 0 aliphatic rings. The van der Waals surface area contributed by atoms with Crippen LogP contribution in [0.2, 0.25) is 0 Å². The highest BCUT2D eigenvalue weighted by atomic mass is 19.1. The van der Waals surface area contributed by atoms with Crippen molar-refractivity contribution < 1.29 is 4.39 Å². The van der Waals surface area contributed by atoms with Gasteiger partial charge in [0.15, 0.2) is 5.82 Å². The first kappa shape index (κ1) is 9.03. The van der Waals surface area contributed by atoms with Gasteiger partial charge in [-0.15, -0.1) is 0 Å². The maximum Gasteiger partial charge on any atom is 0.151 e. The Balaban J connectivity index is 2.23. The van der Waals surface area contributed by atoms with Gasteiger partial charge in [-0.2, -0.15) is 0 Å². The fourth-order valence-corrected chi connectivity index (χ4v) is 1.64. The minimum atomic E-state index is -0.316. The number of H-pyrrole nitrogens is 1. The molecule has 0 atom stereocenters. The standard InChI is InChI=1S/C12H8FN3/c13-9-4-1-5-10-11(9)16-12(15-10)8-3-2-6-14-7-8/h1-7H,(H,15,16). The molecule has 0 spiro atoms. The molecule has 3 aromatic rings. The van der Waals surface area contributed by atoms with Crippen molar-refractivity contribution in [2.75, 3.05) is 0 Å². The molecule has 0 saturated heterocycles. The molecule has 0 unspecified atom stereocenters. The van der Waals surface area contributed by atoms with E-state index in [1.54, 1.807) is 24.5 Å². The Labute approximate surface area is 91.0 Å². The third kappa shape index (κ3) is 1.35. The van der Waals surface area contributed by atoms with Crippen molar-refractivity contribution in [1.82, 2.24) is 15.0 Å². The zero-order valence-electron chi connectivity index (χ0n) is 8.31. The van der Waals surface area contributed by atoms with E-state index in [1.165, 1.54) is 6.07 Å². The Morgan fingerprint density at radius 1 is 1.12 bits per heavy atom. The van der Waals surface area contributed by atoms with Gasteiger partial charge in [-0.05, 0) is 24.3 Å². The zero-order chi connectivity index (χ0) is 11.0. The number of aromatic nitrogens is 3. The smallest absolute Gasteiger partial charge is 0.151 e. The van der Waals surface area contributed by atoms with E-state index < -0.39 is 0 Å². The summed E-state index contributed by atoms with van der Waals surface area (Å²) < 4.78 is 13.4. The van der Waals surface area contributed by atoms with Gasteiger partial charge in [0.05, 0.1) is 5.52 Å². The summed E-state index contributed by atoms with van der Waals surface area (Å²) >= 11 is 0. The van der Waals surface area contributed by atoms with Crippen LogP contribution in [0.3, 0.4) is 0 Å². The van der Waals surface area contributed by atoms with Crippen LogP contribution in [0.15, 0.2) is 42.7 Å². The summed E-state index contributed by atoms with van der Waals surface area (Å²) in [4.78, 5) is 11.3. The van der Waals surface area contributed by atoms with Gasteiger partial charge in [0.1, 0.15) is 11.3 Å². The molecule has 2 heterocycles. The highest BCUT2D eigenvalue weighted by molar-refractivity contribution is 5.79. The predicted octanol–water partition coefficient (Wildman–Crippen LogP) is 2.76. The van der Waals surface area contributed by atoms with E-state index >= 15 is 0 Å². The molecule has 0 saturated carbocycles. The number of hydrogen-bond donors (Lipinski definition) is 1. The fraction of sp³-hybridized carbons (Fsp3) is 0. The van der Waals surface area contributed by atoms with Crippen LogP contribution in [0.4, 0.5) is 4.39 Å². The monoisotopic (exact) mass is 213 g/mol. The SMILES string of the molecule is Fc1cccc2[nH]c(-c3cccnc3)nc12. The average Bonchev–Trinajstić information content (AvgIpc) is 2.76. The second kappa shape index (κ2) is 3.41. The van der Waals surface area contributed by atoms with E-state index in [0.717, 1.165) is 5.56 Å². The molecule has 0 fully saturated rings. The minimum Gasteiger partial charge on any atom is -0.338 e. The summed E-state index contributed by atoms with van der Waals surface area (Å²) in [6.45, 7) is 0. The topological polar surface area (TPSA) is 41.6 Å². The first-order chi connectivity index (χ1) is 7.84. The molecule has 2 aromatic heterocycles. The number of nitrogens with zero attached hydrogens (tertiary/aromatic N) is 2. The molecular formula is C12H8FN3. The fourth-order valence-electron chi connectivity index (χ4n) is 1.64. The van der Waals surface area contributed by atoms with Gasteiger partial charge in [0.2, 0.25) is 0 Å².